The molecule has 0 saturated carbocycles. The standard InChI is InChI=1S/C10H17N3O4S/c1-13(2)12-18(14,15)10-5-7(11)8(16-3)6-9(10)17-4/h5-6,12H,11H2,1-4H3. The van der Waals surface area contributed by atoms with Crippen molar-refractivity contribution in [2.45, 2.75) is 4.90 Å². The monoisotopic (exact) mass is 275 g/mol. The maximum Gasteiger partial charge on any atom is 0.257 e. The molecule has 1 aromatic rings. The summed E-state index contributed by atoms with van der Waals surface area (Å²) in [6.07, 6.45) is 0. The van der Waals surface area contributed by atoms with Crippen molar-refractivity contribution in [3.8, 4) is 11.5 Å². The minimum atomic E-state index is -3.73. The highest BCUT2D eigenvalue weighted by molar-refractivity contribution is 7.89. The summed E-state index contributed by atoms with van der Waals surface area (Å²) in [5.41, 5.74) is 5.92. The highest BCUT2D eigenvalue weighted by Crippen LogP contribution is 2.33. The molecule has 0 amide bonds. The Morgan fingerprint density at radius 2 is 1.72 bits per heavy atom. The van der Waals surface area contributed by atoms with Crippen LogP contribution in [0.1, 0.15) is 0 Å². The Morgan fingerprint density at radius 1 is 1.17 bits per heavy atom. The SMILES string of the molecule is COc1cc(OC)c(S(=O)(=O)NN(C)C)cc1N. The Bertz CT molecular complexity index is 528. The fourth-order valence-electron chi connectivity index (χ4n) is 1.39. The second-order valence-corrected chi connectivity index (χ2v) is 5.36. The lowest BCUT2D eigenvalue weighted by molar-refractivity contribution is 0.359. The highest BCUT2D eigenvalue weighted by atomic mass is 32.2. The number of rotatable bonds is 5. The molecule has 0 aliphatic carbocycles. The first-order valence-electron chi connectivity index (χ1n) is 5.03. The molecule has 1 rings (SSSR count). The van der Waals surface area contributed by atoms with Crippen LogP contribution in [-0.2, 0) is 10.0 Å². The molecule has 0 saturated heterocycles. The molecule has 0 aliphatic heterocycles. The van der Waals surface area contributed by atoms with Crippen molar-refractivity contribution in [2.75, 3.05) is 34.0 Å². The number of benzene rings is 1. The van der Waals surface area contributed by atoms with Crippen molar-refractivity contribution in [1.82, 2.24) is 9.84 Å². The zero-order valence-electron chi connectivity index (χ0n) is 10.7. The number of nitrogens with two attached hydrogens (primary N) is 1. The van der Waals surface area contributed by atoms with Gasteiger partial charge in [0.2, 0.25) is 0 Å². The molecular weight excluding hydrogens is 258 g/mol. The molecule has 0 atom stereocenters. The second-order valence-electron chi connectivity index (χ2n) is 3.73. The fourth-order valence-corrected chi connectivity index (χ4v) is 2.66. The highest BCUT2D eigenvalue weighted by Gasteiger charge is 2.22. The first kappa shape index (κ1) is 14.6. The van der Waals surface area contributed by atoms with E-state index in [1.54, 1.807) is 14.1 Å². The molecule has 0 heterocycles. The molecule has 102 valence electrons. The number of hydrogen-bond donors (Lipinski definition) is 2. The van der Waals surface area contributed by atoms with Gasteiger partial charge in [0, 0.05) is 20.2 Å². The van der Waals surface area contributed by atoms with Crippen molar-refractivity contribution in [2.24, 2.45) is 0 Å². The number of ether oxygens (including phenoxy) is 2. The van der Waals surface area contributed by atoms with Gasteiger partial charge >= 0.3 is 0 Å². The molecule has 0 fully saturated rings. The first-order chi connectivity index (χ1) is 8.31. The van der Waals surface area contributed by atoms with Crippen molar-refractivity contribution in [3.05, 3.63) is 12.1 Å². The third-order valence-electron chi connectivity index (χ3n) is 2.11. The van der Waals surface area contributed by atoms with E-state index in [4.69, 9.17) is 15.2 Å². The smallest absolute Gasteiger partial charge is 0.257 e. The Kier molecular flexibility index (Phi) is 4.38. The van der Waals surface area contributed by atoms with Gasteiger partial charge in [0.15, 0.2) is 0 Å². The Hall–Kier alpha value is -1.51. The fraction of sp³-hybridized carbons (Fsp3) is 0.400. The number of methoxy groups -OCH3 is 2. The lowest BCUT2D eigenvalue weighted by Crippen LogP contribution is -2.36. The predicted octanol–water partition coefficient (Wildman–Crippen LogP) is 0.0409. The number of nitrogen functional groups attached to an aromatic ring is 1. The summed E-state index contributed by atoms with van der Waals surface area (Å²) in [7, 11) is 2.21. The lowest BCUT2D eigenvalue weighted by Gasteiger charge is -2.16. The molecule has 1 aromatic carbocycles. The van der Waals surface area contributed by atoms with E-state index in [1.165, 1.54) is 31.4 Å². The minimum absolute atomic E-state index is 0.0444. The Balaban J connectivity index is 3.36. The summed E-state index contributed by atoms with van der Waals surface area (Å²) in [4.78, 5) is 2.26. The number of nitrogens with zero attached hydrogens (tertiary/aromatic N) is 1. The molecule has 0 radical (unpaired) electrons. The molecule has 8 heteroatoms. The molecule has 0 spiro atoms. The molecule has 0 aliphatic rings. The molecule has 0 unspecified atom stereocenters. The van der Waals surface area contributed by atoms with Gasteiger partial charge < -0.3 is 15.2 Å². The van der Waals surface area contributed by atoms with Gasteiger partial charge in [-0.3, -0.25) is 0 Å². The predicted molar refractivity (Wildman–Crippen MR) is 68.0 cm³/mol. The van der Waals surface area contributed by atoms with Gasteiger partial charge in [-0.25, -0.2) is 13.4 Å². The van der Waals surface area contributed by atoms with E-state index < -0.39 is 10.0 Å². The zero-order valence-corrected chi connectivity index (χ0v) is 11.5. The maximum atomic E-state index is 12.0. The largest absolute Gasteiger partial charge is 0.495 e. The van der Waals surface area contributed by atoms with E-state index in [-0.39, 0.29) is 16.3 Å². The van der Waals surface area contributed by atoms with Crippen molar-refractivity contribution < 1.29 is 17.9 Å². The van der Waals surface area contributed by atoms with Crippen LogP contribution in [0.4, 0.5) is 5.69 Å². The summed E-state index contributed by atoms with van der Waals surface area (Å²) in [5, 5.41) is 1.31. The van der Waals surface area contributed by atoms with E-state index in [9.17, 15) is 8.42 Å². The quantitative estimate of drug-likeness (QED) is 0.582. The van der Waals surface area contributed by atoms with Gasteiger partial charge in [0.25, 0.3) is 10.0 Å². The van der Waals surface area contributed by atoms with Crippen molar-refractivity contribution in [3.63, 3.8) is 0 Å². The van der Waals surface area contributed by atoms with Crippen LogP contribution in [0.25, 0.3) is 0 Å². The summed E-state index contributed by atoms with van der Waals surface area (Å²) in [5.74, 6) is 0.519. The summed E-state index contributed by atoms with van der Waals surface area (Å²) >= 11 is 0. The Morgan fingerprint density at radius 3 is 2.17 bits per heavy atom. The molecule has 0 aromatic heterocycles. The van der Waals surface area contributed by atoms with E-state index in [0.29, 0.717) is 5.75 Å². The van der Waals surface area contributed by atoms with E-state index >= 15 is 0 Å². The van der Waals surface area contributed by atoms with E-state index in [1.807, 2.05) is 0 Å². The molecular formula is C10H17N3O4S. The molecule has 18 heavy (non-hydrogen) atoms. The van der Waals surface area contributed by atoms with Gasteiger partial charge in [-0.05, 0) is 6.07 Å². The molecule has 0 bridgehead atoms. The topological polar surface area (TPSA) is 93.9 Å². The van der Waals surface area contributed by atoms with Crippen LogP contribution in [0.2, 0.25) is 0 Å². The van der Waals surface area contributed by atoms with Crippen LogP contribution in [0.3, 0.4) is 0 Å². The third-order valence-corrected chi connectivity index (χ3v) is 3.61. The molecule has 3 N–H and O–H groups in total. The van der Waals surface area contributed by atoms with Gasteiger partial charge in [0.1, 0.15) is 16.4 Å². The summed E-state index contributed by atoms with van der Waals surface area (Å²) in [6.45, 7) is 0. The van der Waals surface area contributed by atoms with Crippen LogP contribution < -0.4 is 20.0 Å². The Labute approximate surface area is 106 Å². The molecule has 7 nitrogen and oxygen atoms in total. The van der Waals surface area contributed by atoms with Gasteiger partial charge in [-0.1, -0.05) is 0 Å². The summed E-state index contributed by atoms with van der Waals surface area (Å²) in [6, 6.07) is 2.73. The van der Waals surface area contributed by atoms with Gasteiger partial charge in [-0.15, -0.1) is 4.83 Å². The maximum absolute atomic E-state index is 12.0. The van der Waals surface area contributed by atoms with Crippen LogP contribution >= 0.6 is 0 Å². The number of hydrazine groups is 1. The van der Waals surface area contributed by atoms with Crippen LogP contribution in [0.15, 0.2) is 17.0 Å². The first-order valence-corrected chi connectivity index (χ1v) is 6.51. The second kappa shape index (κ2) is 5.42. The van der Waals surface area contributed by atoms with Gasteiger partial charge in [0.05, 0.1) is 19.9 Å². The van der Waals surface area contributed by atoms with Crippen molar-refractivity contribution >= 4 is 15.7 Å². The van der Waals surface area contributed by atoms with Gasteiger partial charge in [-0.2, -0.15) is 0 Å². The van der Waals surface area contributed by atoms with E-state index in [0.717, 1.165) is 0 Å². The average molecular weight is 275 g/mol. The average Bonchev–Trinajstić information content (AvgIpc) is 2.27. The summed E-state index contributed by atoms with van der Waals surface area (Å²) < 4.78 is 34.1. The van der Waals surface area contributed by atoms with Crippen LogP contribution in [0.5, 0.6) is 11.5 Å². The minimum Gasteiger partial charge on any atom is -0.495 e. The number of sulfonamides is 1. The number of hydrogen-bond acceptors (Lipinski definition) is 6. The normalized spacial score (nSPS) is 11.6. The zero-order chi connectivity index (χ0) is 13.9. The van der Waals surface area contributed by atoms with Crippen LogP contribution in [-0.4, -0.2) is 41.7 Å². The lowest BCUT2D eigenvalue weighted by atomic mass is 10.3. The number of nitrogens with one attached hydrogen (secondary N) is 1. The van der Waals surface area contributed by atoms with E-state index in [2.05, 4.69) is 4.83 Å². The third kappa shape index (κ3) is 3.03. The number of anilines is 1. The van der Waals surface area contributed by atoms with Crippen LogP contribution in [0, 0.1) is 0 Å². The van der Waals surface area contributed by atoms with Crippen molar-refractivity contribution in [1.29, 1.82) is 0 Å².